The van der Waals surface area contributed by atoms with Crippen LogP contribution in [0.15, 0.2) is 82.0 Å². The number of nitrogens with one attached hydrogen (secondary N) is 1. The van der Waals surface area contributed by atoms with Crippen LogP contribution in [0.5, 0.6) is 5.75 Å². The number of benzene rings is 3. The highest BCUT2D eigenvalue weighted by Crippen LogP contribution is 2.31. The van der Waals surface area contributed by atoms with Crippen molar-refractivity contribution in [2.24, 2.45) is 0 Å². The van der Waals surface area contributed by atoms with Crippen molar-refractivity contribution in [3.8, 4) is 16.9 Å². The van der Waals surface area contributed by atoms with E-state index in [1.54, 1.807) is 19.2 Å². The van der Waals surface area contributed by atoms with Gasteiger partial charge in [-0.25, -0.2) is 4.79 Å². The molecule has 4 aromatic rings. The van der Waals surface area contributed by atoms with Gasteiger partial charge < -0.3 is 19.4 Å². The number of rotatable bonds is 7. The first-order valence-electron chi connectivity index (χ1n) is 12.6. The van der Waals surface area contributed by atoms with E-state index in [2.05, 4.69) is 27.2 Å². The highest BCUT2D eigenvalue weighted by Gasteiger charge is 2.22. The van der Waals surface area contributed by atoms with E-state index >= 15 is 0 Å². The summed E-state index contributed by atoms with van der Waals surface area (Å²) in [5.41, 5.74) is 3.27. The minimum Gasteiger partial charge on any atom is -0.497 e. The Morgan fingerprint density at radius 2 is 1.59 bits per heavy atom. The number of methoxy groups -OCH3 is 1. The highest BCUT2D eigenvalue weighted by atomic mass is 16.5. The van der Waals surface area contributed by atoms with Gasteiger partial charge >= 0.3 is 5.63 Å². The smallest absolute Gasteiger partial charge is 0.344 e. The maximum atomic E-state index is 13.3. The summed E-state index contributed by atoms with van der Waals surface area (Å²) in [5.74, 6) is 0.526. The molecule has 7 heteroatoms. The van der Waals surface area contributed by atoms with Gasteiger partial charge in [-0.2, -0.15) is 0 Å². The Morgan fingerprint density at radius 3 is 2.27 bits per heavy atom. The molecular weight excluding hydrogens is 466 g/mol. The van der Waals surface area contributed by atoms with Crippen LogP contribution in [0.3, 0.4) is 0 Å². The average molecular weight is 498 g/mol. The Morgan fingerprint density at radius 1 is 0.919 bits per heavy atom. The summed E-state index contributed by atoms with van der Waals surface area (Å²) in [4.78, 5) is 30.6. The monoisotopic (exact) mass is 497 g/mol. The normalized spacial score (nSPS) is 14.1. The molecule has 3 aromatic carbocycles. The van der Waals surface area contributed by atoms with Crippen LogP contribution in [0.25, 0.3) is 21.9 Å². The van der Waals surface area contributed by atoms with Crippen molar-refractivity contribution in [2.75, 3.05) is 51.3 Å². The minimum absolute atomic E-state index is 0.0527. The Balaban J connectivity index is 1.25. The summed E-state index contributed by atoms with van der Waals surface area (Å²) in [6.45, 7) is 6.83. The number of piperazine rings is 1. The van der Waals surface area contributed by atoms with Gasteiger partial charge in [-0.1, -0.05) is 48.0 Å². The van der Waals surface area contributed by atoms with Gasteiger partial charge in [0.1, 0.15) is 5.75 Å². The van der Waals surface area contributed by atoms with Gasteiger partial charge in [-0.3, -0.25) is 9.69 Å². The number of fused-ring (bicyclic) bond motifs is 1. The fourth-order valence-corrected chi connectivity index (χ4v) is 4.80. The van der Waals surface area contributed by atoms with Crippen LogP contribution in [0.2, 0.25) is 0 Å². The van der Waals surface area contributed by atoms with Crippen LogP contribution in [-0.2, 0) is 0 Å². The van der Waals surface area contributed by atoms with Gasteiger partial charge in [0.25, 0.3) is 5.91 Å². The summed E-state index contributed by atoms with van der Waals surface area (Å²) in [6, 6.07) is 23.3. The molecule has 0 unspecified atom stereocenters. The van der Waals surface area contributed by atoms with Crippen LogP contribution in [0, 0.1) is 6.92 Å². The van der Waals surface area contributed by atoms with E-state index in [9.17, 15) is 9.59 Å². The van der Waals surface area contributed by atoms with Crippen molar-refractivity contribution >= 4 is 22.4 Å². The first-order chi connectivity index (χ1) is 18.0. The number of ether oxygens (including phenoxy) is 1. The van der Waals surface area contributed by atoms with Crippen LogP contribution in [-0.4, -0.2) is 57.2 Å². The van der Waals surface area contributed by atoms with E-state index in [0.717, 1.165) is 49.6 Å². The van der Waals surface area contributed by atoms with Crippen LogP contribution >= 0.6 is 0 Å². The van der Waals surface area contributed by atoms with Crippen LogP contribution in [0.1, 0.15) is 16.1 Å². The minimum atomic E-state index is -0.508. The van der Waals surface area contributed by atoms with Crippen molar-refractivity contribution in [3.05, 3.63) is 94.5 Å². The second-order valence-corrected chi connectivity index (χ2v) is 9.29. The lowest BCUT2D eigenvalue weighted by atomic mass is 9.97. The molecule has 0 saturated carbocycles. The van der Waals surface area contributed by atoms with Gasteiger partial charge in [0.2, 0.25) is 5.76 Å². The van der Waals surface area contributed by atoms with Crippen LogP contribution in [0.4, 0.5) is 5.69 Å². The molecular formula is C30H31N3O4. The van der Waals surface area contributed by atoms with Crippen molar-refractivity contribution in [2.45, 2.75) is 6.92 Å². The van der Waals surface area contributed by atoms with Crippen molar-refractivity contribution in [1.29, 1.82) is 0 Å². The summed E-state index contributed by atoms with van der Waals surface area (Å²) in [5, 5.41) is 4.15. The molecule has 0 bridgehead atoms. The maximum absolute atomic E-state index is 13.3. The van der Waals surface area contributed by atoms with E-state index in [0.29, 0.717) is 22.9 Å². The zero-order chi connectivity index (χ0) is 25.8. The van der Waals surface area contributed by atoms with Gasteiger partial charge in [0, 0.05) is 55.9 Å². The second-order valence-electron chi connectivity index (χ2n) is 9.29. The Bertz CT molecular complexity index is 1440. The van der Waals surface area contributed by atoms with Crippen molar-refractivity contribution < 1.29 is 13.9 Å². The predicted octanol–water partition coefficient (Wildman–Crippen LogP) is 4.33. The maximum Gasteiger partial charge on any atom is 0.344 e. The zero-order valence-electron chi connectivity index (χ0n) is 21.2. The number of hydrogen-bond acceptors (Lipinski definition) is 6. The first kappa shape index (κ1) is 24.6. The molecule has 37 heavy (non-hydrogen) atoms. The zero-order valence-corrected chi connectivity index (χ0v) is 21.2. The molecule has 1 aliphatic rings. The number of aryl methyl sites for hydroxylation is 1. The fourth-order valence-electron chi connectivity index (χ4n) is 4.80. The molecule has 2 heterocycles. The number of nitrogens with zero attached hydrogens (tertiary/aromatic N) is 2. The third kappa shape index (κ3) is 5.37. The molecule has 1 aromatic heterocycles. The largest absolute Gasteiger partial charge is 0.497 e. The second kappa shape index (κ2) is 10.9. The third-order valence-electron chi connectivity index (χ3n) is 6.91. The van der Waals surface area contributed by atoms with Gasteiger partial charge in [0.15, 0.2) is 0 Å². The predicted molar refractivity (Wildman–Crippen MR) is 147 cm³/mol. The molecule has 5 rings (SSSR count). The molecule has 0 radical (unpaired) electrons. The van der Waals surface area contributed by atoms with E-state index in [1.807, 2.05) is 55.5 Å². The fraction of sp³-hybridized carbons (Fsp3) is 0.267. The standard InChI is InChI=1S/C30H31N3O4/c1-21-7-9-22(10-8-21)27-25-5-3-4-6-26(25)30(35)37-28(27)29(34)31-15-16-32-17-19-33(20-18-32)23-11-13-24(36-2)14-12-23/h3-14H,15-20H2,1-2H3,(H,31,34). The number of carbonyl (C=O) groups is 1. The lowest BCUT2D eigenvalue weighted by molar-refractivity contribution is 0.0917. The molecule has 1 N–H and O–H groups in total. The first-order valence-corrected chi connectivity index (χ1v) is 12.6. The summed E-state index contributed by atoms with van der Waals surface area (Å²) in [7, 11) is 1.67. The third-order valence-corrected chi connectivity index (χ3v) is 6.91. The molecule has 190 valence electrons. The molecule has 1 fully saturated rings. The van der Waals surface area contributed by atoms with Gasteiger partial charge in [-0.05, 0) is 42.8 Å². The van der Waals surface area contributed by atoms with Crippen molar-refractivity contribution in [1.82, 2.24) is 10.2 Å². The Labute approximate surface area is 216 Å². The summed E-state index contributed by atoms with van der Waals surface area (Å²) >= 11 is 0. The molecule has 7 nitrogen and oxygen atoms in total. The summed E-state index contributed by atoms with van der Waals surface area (Å²) < 4.78 is 10.8. The van der Waals surface area contributed by atoms with Gasteiger partial charge in [0.05, 0.1) is 12.5 Å². The molecule has 0 spiro atoms. The topological polar surface area (TPSA) is 75.0 Å². The Hall–Kier alpha value is -4.10. The molecule has 0 atom stereocenters. The van der Waals surface area contributed by atoms with Crippen molar-refractivity contribution in [3.63, 3.8) is 0 Å². The average Bonchev–Trinajstić information content (AvgIpc) is 2.94. The summed E-state index contributed by atoms with van der Waals surface area (Å²) in [6.07, 6.45) is 0. The van der Waals surface area contributed by atoms with Gasteiger partial charge in [-0.15, -0.1) is 0 Å². The van der Waals surface area contributed by atoms with Crippen LogP contribution < -0.4 is 20.6 Å². The lowest BCUT2D eigenvalue weighted by Crippen LogP contribution is -2.48. The molecule has 0 aliphatic carbocycles. The number of amides is 1. The van der Waals surface area contributed by atoms with E-state index in [-0.39, 0.29) is 11.7 Å². The highest BCUT2D eigenvalue weighted by molar-refractivity contribution is 6.07. The molecule has 1 amide bonds. The molecule has 1 saturated heterocycles. The number of carbonyl (C=O) groups excluding carboxylic acids is 1. The SMILES string of the molecule is COc1ccc(N2CCN(CCNC(=O)c3oc(=O)c4ccccc4c3-c3ccc(C)cc3)CC2)cc1. The molecule has 1 aliphatic heterocycles. The number of hydrogen-bond donors (Lipinski definition) is 1. The van der Waals surface area contributed by atoms with E-state index in [4.69, 9.17) is 9.15 Å². The van der Waals surface area contributed by atoms with E-state index < -0.39 is 5.63 Å². The lowest BCUT2D eigenvalue weighted by Gasteiger charge is -2.36. The number of anilines is 1. The van der Waals surface area contributed by atoms with E-state index in [1.165, 1.54) is 5.69 Å². The Kier molecular flexibility index (Phi) is 7.23. The quantitative estimate of drug-likeness (QED) is 0.410.